The number of ketones is 1. The van der Waals surface area contributed by atoms with E-state index in [9.17, 15) is 33.9 Å². The number of rotatable bonds is 28. The number of unbranched alkanes of at least 4 members (excludes halogenated alkanes) is 11. The zero-order valence-electron chi connectivity index (χ0n) is 27.2. The van der Waals surface area contributed by atoms with E-state index in [1.54, 1.807) is 0 Å². The minimum atomic E-state index is -1.20. The standard InChI is InChI=1S/C32H58N4O8/c1-24(2)22-26(33)31(42)36(23-25(3)37)21-20-34-28(38)19-18-27(32(43)44)35-29(39)16-14-12-10-8-6-4-5-7-9-11-13-15-17-30(40)41/h24,26-27H,4-23,33H2,1-3H3,(H,34,38)(H,35,39)(H,40,41)(H,43,44)/t26-,27?/m0/s1. The molecule has 0 rings (SSSR count). The van der Waals surface area contributed by atoms with E-state index in [4.69, 9.17) is 10.8 Å². The van der Waals surface area contributed by atoms with Gasteiger partial charge in [0.25, 0.3) is 0 Å². The average molecular weight is 627 g/mol. The third kappa shape index (κ3) is 23.4. The van der Waals surface area contributed by atoms with Crippen molar-refractivity contribution in [2.24, 2.45) is 11.7 Å². The molecule has 0 saturated carbocycles. The molecule has 0 aromatic carbocycles. The van der Waals surface area contributed by atoms with Crippen molar-refractivity contribution in [1.29, 1.82) is 0 Å². The van der Waals surface area contributed by atoms with Crippen LogP contribution >= 0.6 is 0 Å². The first-order chi connectivity index (χ1) is 20.8. The molecule has 0 fully saturated rings. The maximum absolute atomic E-state index is 12.6. The van der Waals surface area contributed by atoms with Crippen molar-refractivity contribution in [1.82, 2.24) is 15.5 Å². The van der Waals surface area contributed by atoms with Crippen LogP contribution in [-0.2, 0) is 28.8 Å². The first-order valence-corrected chi connectivity index (χ1v) is 16.4. The number of hydrogen-bond donors (Lipinski definition) is 5. The van der Waals surface area contributed by atoms with Crippen molar-refractivity contribution in [3.63, 3.8) is 0 Å². The number of Topliss-reactive ketones (excluding diaryl/α,β-unsaturated/α-hetero) is 1. The van der Waals surface area contributed by atoms with Gasteiger partial charge in [-0.3, -0.25) is 24.0 Å². The largest absolute Gasteiger partial charge is 0.481 e. The third-order valence-electron chi connectivity index (χ3n) is 7.31. The number of nitrogens with two attached hydrogens (primary N) is 1. The van der Waals surface area contributed by atoms with Crippen LogP contribution in [0.1, 0.15) is 130 Å². The first-order valence-electron chi connectivity index (χ1n) is 16.4. The molecule has 0 bridgehead atoms. The van der Waals surface area contributed by atoms with Crippen molar-refractivity contribution in [3.05, 3.63) is 0 Å². The number of carboxylic acid groups (broad SMARTS) is 2. The molecule has 44 heavy (non-hydrogen) atoms. The molecule has 0 aliphatic carbocycles. The molecule has 12 nitrogen and oxygen atoms in total. The molecular formula is C32H58N4O8. The van der Waals surface area contributed by atoms with Crippen LogP contribution in [0.25, 0.3) is 0 Å². The summed E-state index contributed by atoms with van der Waals surface area (Å²) in [6, 6.07) is -1.91. The van der Waals surface area contributed by atoms with E-state index < -0.39 is 29.9 Å². The van der Waals surface area contributed by atoms with Gasteiger partial charge in [-0.15, -0.1) is 0 Å². The van der Waals surface area contributed by atoms with Gasteiger partial charge in [0.15, 0.2) is 0 Å². The minimum Gasteiger partial charge on any atom is -0.481 e. The summed E-state index contributed by atoms with van der Waals surface area (Å²) in [5, 5.41) is 23.3. The predicted octanol–water partition coefficient (Wildman–Crippen LogP) is 3.79. The van der Waals surface area contributed by atoms with Gasteiger partial charge in [-0.25, -0.2) is 4.79 Å². The summed E-state index contributed by atoms with van der Waals surface area (Å²) < 4.78 is 0. The Hall–Kier alpha value is -3.02. The van der Waals surface area contributed by atoms with Gasteiger partial charge in [0.2, 0.25) is 17.7 Å². The molecule has 254 valence electrons. The highest BCUT2D eigenvalue weighted by atomic mass is 16.4. The molecule has 0 spiro atoms. The fourth-order valence-electron chi connectivity index (χ4n) is 4.93. The summed E-state index contributed by atoms with van der Waals surface area (Å²) in [6.07, 6.45) is 13.1. The first kappa shape index (κ1) is 41.0. The van der Waals surface area contributed by atoms with Gasteiger partial charge in [-0.2, -0.15) is 0 Å². The SMILES string of the molecule is CC(=O)CN(CCNC(=O)CCC(NC(=O)CCCCCCCCCCCCCCC(=O)O)C(=O)O)C(=O)[C@@H](N)CC(C)C. The second-order valence-electron chi connectivity index (χ2n) is 12.2. The molecule has 0 radical (unpaired) electrons. The van der Waals surface area contributed by atoms with E-state index in [2.05, 4.69) is 10.6 Å². The Morgan fingerprint density at radius 2 is 1.23 bits per heavy atom. The number of carbonyl (C=O) groups is 6. The van der Waals surface area contributed by atoms with Crippen LogP contribution < -0.4 is 16.4 Å². The Kier molecular flexibility index (Phi) is 23.6. The van der Waals surface area contributed by atoms with Gasteiger partial charge < -0.3 is 31.5 Å². The quantitative estimate of drug-likeness (QED) is 0.0803. The van der Waals surface area contributed by atoms with Crippen molar-refractivity contribution in [3.8, 4) is 0 Å². The molecule has 0 aromatic rings. The van der Waals surface area contributed by atoms with Gasteiger partial charge in [-0.1, -0.05) is 78.1 Å². The van der Waals surface area contributed by atoms with Crippen molar-refractivity contribution in [2.45, 2.75) is 142 Å². The normalized spacial score (nSPS) is 12.4. The molecule has 1 unspecified atom stereocenters. The number of carbonyl (C=O) groups excluding carboxylic acids is 4. The fourth-order valence-corrected chi connectivity index (χ4v) is 4.93. The van der Waals surface area contributed by atoms with Gasteiger partial charge in [0.05, 0.1) is 12.6 Å². The topological polar surface area (TPSA) is 196 Å². The maximum atomic E-state index is 12.6. The zero-order valence-corrected chi connectivity index (χ0v) is 27.2. The van der Waals surface area contributed by atoms with Crippen molar-refractivity contribution in [2.75, 3.05) is 19.6 Å². The molecule has 12 heteroatoms. The van der Waals surface area contributed by atoms with Crippen molar-refractivity contribution < 1.29 is 39.0 Å². The highest BCUT2D eigenvalue weighted by Gasteiger charge is 2.24. The Morgan fingerprint density at radius 3 is 1.68 bits per heavy atom. The van der Waals surface area contributed by atoms with E-state index in [1.807, 2.05) is 13.8 Å². The summed E-state index contributed by atoms with van der Waals surface area (Å²) in [7, 11) is 0. The summed E-state index contributed by atoms with van der Waals surface area (Å²) >= 11 is 0. The fraction of sp³-hybridized carbons (Fsp3) is 0.812. The number of amides is 3. The zero-order chi connectivity index (χ0) is 33.3. The highest BCUT2D eigenvalue weighted by Crippen LogP contribution is 2.13. The molecule has 2 atom stereocenters. The van der Waals surface area contributed by atoms with Crippen LogP contribution in [0.5, 0.6) is 0 Å². The van der Waals surface area contributed by atoms with Crippen LogP contribution in [0.15, 0.2) is 0 Å². The summed E-state index contributed by atoms with van der Waals surface area (Å²) in [5.74, 6) is -3.04. The highest BCUT2D eigenvalue weighted by molar-refractivity contribution is 5.87. The van der Waals surface area contributed by atoms with Crippen molar-refractivity contribution >= 4 is 35.4 Å². The van der Waals surface area contributed by atoms with Crippen LogP contribution in [0.3, 0.4) is 0 Å². The summed E-state index contributed by atoms with van der Waals surface area (Å²) in [5.41, 5.74) is 5.98. The second-order valence-corrected chi connectivity index (χ2v) is 12.2. The van der Waals surface area contributed by atoms with Gasteiger partial charge >= 0.3 is 11.9 Å². The van der Waals surface area contributed by atoms with Gasteiger partial charge in [0, 0.05) is 32.4 Å². The predicted molar refractivity (Wildman–Crippen MR) is 169 cm³/mol. The Bertz CT molecular complexity index is 880. The van der Waals surface area contributed by atoms with Gasteiger partial charge in [-0.05, 0) is 38.5 Å². The number of hydrogen-bond acceptors (Lipinski definition) is 7. The monoisotopic (exact) mass is 626 g/mol. The number of nitrogens with one attached hydrogen (secondary N) is 2. The number of aliphatic carboxylic acids is 2. The molecule has 0 aliphatic heterocycles. The lowest BCUT2D eigenvalue weighted by molar-refractivity contribution is -0.142. The van der Waals surface area contributed by atoms with E-state index in [0.29, 0.717) is 12.8 Å². The van der Waals surface area contributed by atoms with Crippen LogP contribution in [0, 0.1) is 5.92 Å². The maximum Gasteiger partial charge on any atom is 0.326 e. The molecule has 0 aliphatic rings. The lowest BCUT2D eigenvalue weighted by Crippen LogP contribution is -2.48. The summed E-state index contributed by atoms with van der Waals surface area (Å²) in [4.78, 5) is 72.3. The van der Waals surface area contributed by atoms with Gasteiger partial charge in [0.1, 0.15) is 11.8 Å². The van der Waals surface area contributed by atoms with E-state index >= 15 is 0 Å². The lowest BCUT2D eigenvalue weighted by atomic mass is 10.0. The smallest absolute Gasteiger partial charge is 0.326 e. The average Bonchev–Trinajstić information content (AvgIpc) is 2.93. The molecule has 6 N–H and O–H groups in total. The van der Waals surface area contributed by atoms with E-state index in [0.717, 1.165) is 51.4 Å². The van der Waals surface area contributed by atoms with E-state index in [-0.39, 0.29) is 68.8 Å². The van der Waals surface area contributed by atoms with Crippen LogP contribution in [0.4, 0.5) is 0 Å². The molecule has 3 amide bonds. The molecule has 0 aromatic heterocycles. The van der Waals surface area contributed by atoms with Crippen LogP contribution in [-0.4, -0.2) is 82.3 Å². The molecular weight excluding hydrogens is 568 g/mol. The Morgan fingerprint density at radius 1 is 0.727 bits per heavy atom. The molecule has 0 heterocycles. The Balaban J connectivity index is 4.14. The minimum absolute atomic E-state index is 0.0649. The lowest BCUT2D eigenvalue weighted by Gasteiger charge is -2.25. The number of nitrogens with zero attached hydrogens (tertiary/aromatic N) is 1. The number of carboxylic acids is 2. The van der Waals surface area contributed by atoms with Crippen LogP contribution in [0.2, 0.25) is 0 Å². The summed E-state index contributed by atoms with van der Waals surface area (Å²) in [6.45, 7) is 5.35. The van der Waals surface area contributed by atoms with E-state index in [1.165, 1.54) is 31.1 Å². The Labute approximate surface area is 263 Å². The molecule has 0 saturated heterocycles. The third-order valence-corrected chi connectivity index (χ3v) is 7.31. The second kappa shape index (κ2) is 25.3.